The number of rotatable bonds is 10. The Bertz CT molecular complexity index is 368. The van der Waals surface area contributed by atoms with Crippen molar-refractivity contribution in [1.82, 2.24) is 5.32 Å². The molecule has 3 heteroatoms. The first-order valence-corrected chi connectivity index (χ1v) is 7.89. The van der Waals surface area contributed by atoms with Gasteiger partial charge in [0.1, 0.15) is 0 Å². The molecule has 0 bridgehead atoms. The first-order chi connectivity index (χ1) is 9.74. The highest BCUT2D eigenvalue weighted by Gasteiger charge is 2.13. The predicted molar refractivity (Wildman–Crippen MR) is 87.5 cm³/mol. The molecule has 0 fully saturated rings. The Kier molecular flexibility index (Phi) is 8.31. The molecule has 3 nitrogen and oxygen atoms in total. The number of anilines is 1. The molecule has 0 saturated heterocycles. The second-order valence-electron chi connectivity index (χ2n) is 5.01. The molecule has 1 N–H and O–H groups in total. The van der Waals surface area contributed by atoms with Crippen LogP contribution in [0, 0.1) is 0 Å². The average Bonchev–Trinajstić information content (AvgIpc) is 2.49. The van der Waals surface area contributed by atoms with Gasteiger partial charge in [-0.1, -0.05) is 25.1 Å². The van der Waals surface area contributed by atoms with Crippen LogP contribution in [0.25, 0.3) is 0 Å². The minimum absolute atomic E-state index is 0.382. The Balaban J connectivity index is 2.80. The van der Waals surface area contributed by atoms with Crippen molar-refractivity contribution in [2.75, 3.05) is 37.7 Å². The minimum atomic E-state index is 0.382. The van der Waals surface area contributed by atoms with Crippen LogP contribution in [0.2, 0.25) is 0 Å². The van der Waals surface area contributed by atoms with E-state index in [1.54, 1.807) is 0 Å². The molecule has 0 aromatic heterocycles. The SMILES string of the molecule is CCCNC(C)c1ccccc1N(CC)CCOCC. The molecule has 1 aromatic carbocycles. The van der Waals surface area contributed by atoms with E-state index in [1.807, 2.05) is 6.92 Å². The van der Waals surface area contributed by atoms with Crippen LogP contribution < -0.4 is 10.2 Å². The van der Waals surface area contributed by atoms with Gasteiger partial charge in [0.25, 0.3) is 0 Å². The zero-order valence-corrected chi connectivity index (χ0v) is 13.5. The largest absolute Gasteiger partial charge is 0.380 e. The molecule has 1 atom stereocenters. The molecular weight excluding hydrogens is 248 g/mol. The quantitative estimate of drug-likeness (QED) is 0.662. The summed E-state index contributed by atoms with van der Waals surface area (Å²) in [6, 6.07) is 9.07. The maximum atomic E-state index is 5.50. The van der Waals surface area contributed by atoms with Gasteiger partial charge in [-0.05, 0) is 45.4 Å². The smallest absolute Gasteiger partial charge is 0.0641 e. The van der Waals surface area contributed by atoms with Gasteiger partial charge in [0.15, 0.2) is 0 Å². The van der Waals surface area contributed by atoms with E-state index in [0.29, 0.717) is 6.04 Å². The Labute approximate surface area is 124 Å². The summed E-state index contributed by atoms with van der Waals surface area (Å²) in [5, 5.41) is 3.58. The molecule has 0 aliphatic rings. The number of nitrogens with one attached hydrogen (secondary N) is 1. The Hall–Kier alpha value is -1.06. The van der Waals surface area contributed by atoms with Crippen LogP contribution in [-0.2, 0) is 4.74 Å². The Morgan fingerprint density at radius 3 is 2.60 bits per heavy atom. The molecule has 0 heterocycles. The monoisotopic (exact) mass is 278 g/mol. The molecule has 0 aliphatic heterocycles. The molecule has 1 rings (SSSR count). The summed E-state index contributed by atoms with van der Waals surface area (Å²) < 4.78 is 5.50. The first kappa shape index (κ1) is 17.0. The van der Waals surface area contributed by atoms with E-state index in [-0.39, 0.29) is 0 Å². The van der Waals surface area contributed by atoms with Gasteiger partial charge < -0.3 is 15.0 Å². The molecule has 0 spiro atoms. The van der Waals surface area contributed by atoms with Crippen LogP contribution in [0.1, 0.15) is 45.7 Å². The van der Waals surface area contributed by atoms with Crippen molar-refractivity contribution in [3.05, 3.63) is 29.8 Å². The summed E-state index contributed by atoms with van der Waals surface area (Å²) in [6.07, 6.45) is 1.16. The van der Waals surface area contributed by atoms with Crippen LogP contribution in [0.15, 0.2) is 24.3 Å². The van der Waals surface area contributed by atoms with Crippen LogP contribution in [-0.4, -0.2) is 32.8 Å². The topological polar surface area (TPSA) is 24.5 Å². The number of ether oxygens (including phenoxy) is 1. The van der Waals surface area contributed by atoms with E-state index in [0.717, 1.165) is 39.3 Å². The molecule has 0 aliphatic carbocycles. The lowest BCUT2D eigenvalue weighted by Crippen LogP contribution is -2.30. The van der Waals surface area contributed by atoms with Gasteiger partial charge in [0.05, 0.1) is 6.61 Å². The summed E-state index contributed by atoms with van der Waals surface area (Å²) in [7, 11) is 0. The fraction of sp³-hybridized carbons (Fsp3) is 0.647. The summed E-state index contributed by atoms with van der Waals surface area (Å²) in [6.45, 7) is 13.3. The van der Waals surface area contributed by atoms with Crippen LogP contribution >= 0.6 is 0 Å². The Morgan fingerprint density at radius 1 is 1.20 bits per heavy atom. The lowest BCUT2D eigenvalue weighted by molar-refractivity contribution is 0.154. The lowest BCUT2D eigenvalue weighted by atomic mass is 10.0. The van der Waals surface area contributed by atoms with Crippen LogP contribution in [0.4, 0.5) is 5.69 Å². The van der Waals surface area contributed by atoms with Crippen LogP contribution in [0.3, 0.4) is 0 Å². The molecular formula is C17H30N2O. The van der Waals surface area contributed by atoms with Crippen molar-refractivity contribution >= 4 is 5.69 Å². The molecule has 1 unspecified atom stereocenters. The fourth-order valence-corrected chi connectivity index (χ4v) is 2.38. The summed E-state index contributed by atoms with van der Waals surface area (Å²) in [4.78, 5) is 2.40. The van der Waals surface area contributed by atoms with Crippen molar-refractivity contribution in [3.8, 4) is 0 Å². The fourth-order valence-electron chi connectivity index (χ4n) is 2.38. The van der Waals surface area contributed by atoms with Gasteiger partial charge in [-0.15, -0.1) is 0 Å². The van der Waals surface area contributed by atoms with Crippen molar-refractivity contribution in [2.24, 2.45) is 0 Å². The Morgan fingerprint density at radius 2 is 1.95 bits per heavy atom. The minimum Gasteiger partial charge on any atom is -0.380 e. The maximum Gasteiger partial charge on any atom is 0.0641 e. The maximum absolute atomic E-state index is 5.50. The van der Waals surface area contributed by atoms with Gasteiger partial charge in [-0.25, -0.2) is 0 Å². The third kappa shape index (κ3) is 5.14. The number of benzene rings is 1. The second-order valence-corrected chi connectivity index (χ2v) is 5.01. The van der Waals surface area contributed by atoms with E-state index >= 15 is 0 Å². The normalized spacial score (nSPS) is 12.4. The predicted octanol–water partition coefficient (Wildman–Crippen LogP) is 3.61. The standard InChI is InChI=1S/C17H30N2O/c1-5-12-18-15(4)16-10-8-9-11-17(16)19(6-2)13-14-20-7-3/h8-11,15,18H,5-7,12-14H2,1-4H3. The summed E-state index contributed by atoms with van der Waals surface area (Å²) in [5.41, 5.74) is 2.70. The van der Waals surface area contributed by atoms with E-state index in [9.17, 15) is 0 Å². The zero-order chi connectivity index (χ0) is 14.8. The van der Waals surface area contributed by atoms with Crippen LogP contribution in [0.5, 0.6) is 0 Å². The number of para-hydroxylation sites is 1. The summed E-state index contributed by atoms with van der Waals surface area (Å²) >= 11 is 0. The lowest BCUT2D eigenvalue weighted by Gasteiger charge is -2.28. The van der Waals surface area contributed by atoms with Gasteiger partial charge in [-0.2, -0.15) is 0 Å². The molecule has 0 saturated carbocycles. The van der Waals surface area contributed by atoms with Gasteiger partial charge >= 0.3 is 0 Å². The third-order valence-electron chi connectivity index (χ3n) is 3.54. The zero-order valence-electron chi connectivity index (χ0n) is 13.5. The number of hydrogen-bond donors (Lipinski definition) is 1. The van der Waals surface area contributed by atoms with Gasteiger partial charge in [0.2, 0.25) is 0 Å². The molecule has 20 heavy (non-hydrogen) atoms. The summed E-state index contributed by atoms with van der Waals surface area (Å²) in [5.74, 6) is 0. The molecule has 1 aromatic rings. The molecule has 114 valence electrons. The van der Waals surface area contributed by atoms with E-state index in [1.165, 1.54) is 11.3 Å². The van der Waals surface area contributed by atoms with Gasteiger partial charge in [-0.3, -0.25) is 0 Å². The third-order valence-corrected chi connectivity index (χ3v) is 3.54. The average molecular weight is 278 g/mol. The number of likely N-dealkylation sites (N-methyl/N-ethyl adjacent to an activating group) is 1. The van der Waals surface area contributed by atoms with Crippen molar-refractivity contribution in [2.45, 2.75) is 40.2 Å². The first-order valence-electron chi connectivity index (χ1n) is 7.89. The van der Waals surface area contributed by atoms with Gasteiger partial charge in [0, 0.05) is 31.4 Å². The van der Waals surface area contributed by atoms with Crippen molar-refractivity contribution in [3.63, 3.8) is 0 Å². The molecule has 0 amide bonds. The highest BCUT2D eigenvalue weighted by atomic mass is 16.5. The highest BCUT2D eigenvalue weighted by Crippen LogP contribution is 2.26. The van der Waals surface area contributed by atoms with Crippen molar-refractivity contribution < 1.29 is 4.74 Å². The number of hydrogen-bond acceptors (Lipinski definition) is 3. The van der Waals surface area contributed by atoms with Crippen molar-refractivity contribution in [1.29, 1.82) is 0 Å². The number of nitrogens with zero attached hydrogens (tertiary/aromatic N) is 1. The second kappa shape index (κ2) is 9.78. The van der Waals surface area contributed by atoms with E-state index in [4.69, 9.17) is 4.74 Å². The van der Waals surface area contributed by atoms with E-state index in [2.05, 4.69) is 55.3 Å². The molecule has 0 radical (unpaired) electrons. The highest BCUT2D eigenvalue weighted by molar-refractivity contribution is 5.54. The van der Waals surface area contributed by atoms with E-state index < -0.39 is 0 Å².